The van der Waals surface area contributed by atoms with Gasteiger partial charge in [-0.3, -0.25) is 0 Å². The van der Waals surface area contributed by atoms with Crippen LogP contribution < -0.4 is 5.73 Å². The molecule has 0 aliphatic heterocycles. The molecule has 1 aromatic heterocycles. The quantitative estimate of drug-likeness (QED) is 0.502. The number of hydrogen-bond donors (Lipinski definition) is 1. The molecular weight excluding hydrogens is 309 g/mol. The summed E-state index contributed by atoms with van der Waals surface area (Å²) >= 11 is 0.953. The summed E-state index contributed by atoms with van der Waals surface area (Å²) in [4.78, 5) is 0.658. The van der Waals surface area contributed by atoms with E-state index < -0.39 is 34.6 Å². The summed E-state index contributed by atoms with van der Waals surface area (Å²) in [6, 6.07) is 2.65. The van der Waals surface area contributed by atoms with E-state index in [1.54, 1.807) is 6.07 Å². The maximum atomic E-state index is 13.7. The molecular formula is C14H10F5NS. The van der Waals surface area contributed by atoms with E-state index in [4.69, 9.17) is 5.73 Å². The Hall–Kier alpha value is -1.47. The minimum atomic E-state index is -2.15. The first kappa shape index (κ1) is 14.5. The second kappa shape index (κ2) is 5.06. The van der Waals surface area contributed by atoms with Crippen molar-refractivity contribution in [2.75, 3.05) is 0 Å². The molecule has 1 aliphatic carbocycles. The van der Waals surface area contributed by atoms with E-state index in [1.165, 1.54) is 6.07 Å². The molecule has 0 radical (unpaired) electrons. The molecule has 1 nitrogen and oxygen atoms in total. The largest absolute Gasteiger partial charge is 0.323 e. The normalized spacial score (nSPS) is 16.3. The maximum Gasteiger partial charge on any atom is 0.200 e. The Kier molecular flexibility index (Phi) is 3.49. The van der Waals surface area contributed by atoms with Crippen LogP contribution in [0.2, 0.25) is 0 Å². The zero-order valence-corrected chi connectivity index (χ0v) is 11.4. The Labute approximate surface area is 121 Å². The molecule has 0 spiro atoms. The van der Waals surface area contributed by atoms with Gasteiger partial charge >= 0.3 is 0 Å². The number of hydrogen-bond acceptors (Lipinski definition) is 2. The highest BCUT2D eigenvalue weighted by molar-refractivity contribution is 7.15. The van der Waals surface area contributed by atoms with Gasteiger partial charge in [0.1, 0.15) is 0 Å². The first-order valence-electron chi connectivity index (χ1n) is 6.29. The minimum Gasteiger partial charge on any atom is -0.323 e. The second-order valence-electron chi connectivity index (χ2n) is 5.01. The van der Waals surface area contributed by atoms with Crippen molar-refractivity contribution in [2.24, 2.45) is 11.7 Å². The van der Waals surface area contributed by atoms with Gasteiger partial charge in [-0.15, -0.1) is 11.3 Å². The van der Waals surface area contributed by atoms with E-state index in [0.717, 1.165) is 24.2 Å². The monoisotopic (exact) mass is 319 g/mol. The Morgan fingerprint density at radius 3 is 1.95 bits per heavy atom. The van der Waals surface area contributed by atoms with E-state index in [2.05, 4.69) is 0 Å². The van der Waals surface area contributed by atoms with Crippen LogP contribution in [0, 0.1) is 35.0 Å². The fourth-order valence-corrected chi connectivity index (χ4v) is 3.31. The molecule has 3 rings (SSSR count). The smallest absolute Gasteiger partial charge is 0.200 e. The third-order valence-electron chi connectivity index (χ3n) is 3.54. The fourth-order valence-electron chi connectivity index (χ4n) is 2.18. The molecule has 21 heavy (non-hydrogen) atoms. The number of rotatable bonds is 3. The number of benzene rings is 1. The average Bonchev–Trinajstić information content (AvgIpc) is 3.21. The summed E-state index contributed by atoms with van der Waals surface area (Å²) in [7, 11) is 0. The molecule has 1 saturated carbocycles. The number of halogens is 5. The molecule has 1 aliphatic rings. The molecule has 7 heteroatoms. The van der Waals surface area contributed by atoms with E-state index in [1.807, 2.05) is 0 Å². The Morgan fingerprint density at radius 1 is 0.905 bits per heavy atom. The maximum absolute atomic E-state index is 13.7. The Morgan fingerprint density at radius 2 is 1.43 bits per heavy atom. The molecule has 1 unspecified atom stereocenters. The predicted octanol–water partition coefficient (Wildman–Crippen LogP) is 4.52. The lowest BCUT2D eigenvalue weighted by Crippen LogP contribution is -2.10. The summed E-state index contributed by atoms with van der Waals surface area (Å²) in [6.45, 7) is 0. The second-order valence-corrected chi connectivity index (χ2v) is 6.13. The molecule has 1 fully saturated rings. The van der Waals surface area contributed by atoms with Crippen molar-refractivity contribution in [2.45, 2.75) is 18.9 Å². The van der Waals surface area contributed by atoms with Gasteiger partial charge < -0.3 is 5.73 Å². The van der Waals surface area contributed by atoms with Crippen LogP contribution in [-0.4, -0.2) is 0 Å². The van der Waals surface area contributed by atoms with Crippen LogP contribution >= 0.6 is 11.3 Å². The third kappa shape index (κ3) is 2.34. The van der Waals surface area contributed by atoms with Gasteiger partial charge in [-0.25, -0.2) is 22.0 Å². The van der Waals surface area contributed by atoms with Crippen molar-refractivity contribution in [3.8, 4) is 10.4 Å². The van der Waals surface area contributed by atoms with Crippen molar-refractivity contribution < 1.29 is 22.0 Å². The highest BCUT2D eigenvalue weighted by Gasteiger charge is 2.32. The highest BCUT2D eigenvalue weighted by Crippen LogP contribution is 2.43. The third-order valence-corrected chi connectivity index (χ3v) is 4.75. The van der Waals surface area contributed by atoms with Gasteiger partial charge in [0.25, 0.3) is 0 Å². The summed E-state index contributed by atoms with van der Waals surface area (Å²) in [5.41, 5.74) is 5.07. The van der Waals surface area contributed by atoms with E-state index >= 15 is 0 Å². The Bertz CT molecular complexity index is 679. The molecule has 1 atom stereocenters. The van der Waals surface area contributed by atoms with Crippen molar-refractivity contribution >= 4 is 11.3 Å². The highest BCUT2D eigenvalue weighted by atomic mass is 32.1. The molecule has 1 heterocycles. The van der Waals surface area contributed by atoms with E-state index in [9.17, 15) is 22.0 Å². The first-order valence-corrected chi connectivity index (χ1v) is 7.10. The molecule has 2 aromatic rings. The van der Waals surface area contributed by atoms with Crippen LogP contribution in [0.15, 0.2) is 12.1 Å². The van der Waals surface area contributed by atoms with Crippen molar-refractivity contribution in [3.63, 3.8) is 0 Å². The predicted molar refractivity (Wildman–Crippen MR) is 69.2 cm³/mol. The van der Waals surface area contributed by atoms with Gasteiger partial charge in [-0.05, 0) is 30.9 Å². The minimum absolute atomic E-state index is 0.0195. The van der Waals surface area contributed by atoms with Crippen LogP contribution in [0.4, 0.5) is 22.0 Å². The molecule has 0 saturated heterocycles. The van der Waals surface area contributed by atoms with Gasteiger partial charge in [-0.1, -0.05) is 0 Å². The lowest BCUT2D eigenvalue weighted by Gasteiger charge is -2.08. The summed E-state index contributed by atoms with van der Waals surface area (Å²) in [6.07, 6.45) is 1.97. The van der Waals surface area contributed by atoms with Crippen LogP contribution in [-0.2, 0) is 0 Å². The van der Waals surface area contributed by atoms with Crippen LogP contribution in [0.1, 0.15) is 23.8 Å². The zero-order chi connectivity index (χ0) is 15.3. The van der Waals surface area contributed by atoms with Crippen LogP contribution in [0.3, 0.4) is 0 Å². The fraction of sp³-hybridized carbons (Fsp3) is 0.286. The van der Waals surface area contributed by atoms with Crippen molar-refractivity contribution in [1.82, 2.24) is 0 Å². The van der Waals surface area contributed by atoms with Crippen LogP contribution in [0.25, 0.3) is 10.4 Å². The number of nitrogens with two attached hydrogens (primary N) is 1. The topological polar surface area (TPSA) is 26.0 Å². The van der Waals surface area contributed by atoms with Crippen LogP contribution in [0.5, 0.6) is 0 Å². The van der Waals surface area contributed by atoms with Gasteiger partial charge in [0, 0.05) is 15.8 Å². The average molecular weight is 319 g/mol. The summed E-state index contributed by atoms with van der Waals surface area (Å²) < 4.78 is 66.9. The molecule has 2 N–H and O–H groups in total. The standard InChI is InChI=1S/C14H10F5NS/c15-9-8(10(16)12(18)13(19)11(9)17)6-3-4-7(21-6)14(20)5-1-2-5/h3-5,14H,1-2,20H2. The van der Waals surface area contributed by atoms with Gasteiger partial charge in [0.2, 0.25) is 5.82 Å². The van der Waals surface area contributed by atoms with E-state index in [-0.39, 0.29) is 10.9 Å². The first-order chi connectivity index (χ1) is 9.91. The van der Waals surface area contributed by atoms with Crippen molar-refractivity contribution in [1.29, 1.82) is 0 Å². The van der Waals surface area contributed by atoms with Gasteiger partial charge in [0.15, 0.2) is 23.3 Å². The molecule has 0 amide bonds. The molecule has 0 bridgehead atoms. The summed E-state index contributed by atoms with van der Waals surface area (Å²) in [5, 5.41) is 0. The van der Waals surface area contributed by atoms with E-state index in [0.29, 0.717) is 10.8 Å². The SMILES string of the molecule is NC(c1ccc(-c2c(F)c(F)c(F)c(F)c2F)s1)C1CC1. The zero-order valence-electron chi connectivity index (χ0n) is 10.6. The Balaban J connectivity index is 2.08. The lowest BCUT2D eigenvalue weighted by molar-refractivity contribution is 0.381. The van der Waals surface area contributed by atoms with Gasteiger partial charge in [-0.2, -0.15) is 0 Å². The lowest BCUT2D eigenvalue weighted by atomic mass is 10.1. The summed E-state index contributed by atoms with van der Waals surface area (Å²) in [5.74, 6) is -9.34. The number of thiophene rings is 1. The molecule has 1 aromatic carbocycles. The van der Waals surface area contributed by atoms with Crippen molar-refractivity contribution in [3.05, 3.63) is 46.1 Å². The van der Waals surface area contributed by atoms with Gasteiger partial charge in [0.05, 0.1) is 5.56 Å². The molecule has 112 valence electrons.